The van der Waals surface area contributed by atoms with Gasteiger partial charge in [-0.3, -0.25) is 14.5 Å². The van der Waals surface area contributed by atoms with Crippen molar-refractivity contribution in [1.82, 2.24) is 9.80 Å². The second kappa shape index (κ2) is 11.3. The first-order valence-corrected chi connectivity index (χ1v) is 10.7. The third-order valence-corrected chi connectivity index (χ3v) is 5.18. The maximum atomic E-state index is 12.5. The van der Waals surface area contributed by atoms with Crippen LogP contribution in [0.15, 0.2) is 54.6 Å². The van der Waals surface area contributed by atoms with E-state index in [-0.39, 0.29) is 24.3 Å². The number of benzene rings is 2. The van der Waals surface area contributed by atoms with Gasteiger partial charge in [0.25, 0.3) is 5.91 Å². The number of esters is 1. The van der Waals surface area contributed by atoms with Gasteiger partial charge in [-0.1, -0.05) is 31.5 Å². The Morgan fingerprint density at radius 2 is 1.58 bits per heavy atom. The molecule has 1 N–H and O–H groups in total. The minimum Gasteiger partial charge on any atom is -0.462 e. The number of hydrogen-bond acceptors (Lipinski definition) is 5. The van der Waals surface area contributed by atoms with Gasteiger partial charge in [0, 0.05) is 37.4 Å². The average Bonchev–Trinajstić information content (AvgIpc) is 2.80. The Labute approximate surface area is 183 Å². The minimum absolute atomic E-state index is 0.0259. The topological polar surface area (TPSA) is 79.0 Å². The summed E-state index contributed by atoms with van der Waals surface area (Å²) in [7, 11) is 0. The number of carbonyl (C=O) groups excluding carboxylic acids is 3. The van der Waals surface area contributed by atoms with Crippen molar-refractivity contribution in [2.24, 2.45) is 0 Å². The van der Waals surface area contributed by atoms with Gasteiger partial charge in [0.05, 0.1) is 18.7 Å². The molecule has 0 radical (unpaired) electrons. The average molecular weight is 424 g/mol. The highest BCUT2D eigenvalue weighted by Gasteiger charge is 2.23. The molecule has 164 valence electrons. The number of nitrogens with one attached hydrogen (secondary N) is 1. The molecular weight excluding hydrogens is 394 g/mol. The van der Waals surface area contributed by atoms with Crippen molar-refractivity contribution in [2.45, 2.75) is 19.8 Å². The molecule has 31 heavy (non-hydrogen) atoms. The quantitative estimate of drug-likeness (QED) is 0.522. The van der Waals surface area contributed by atoms with E-state index in [4.69, 9.17) is 4.74 Å². The fourth-order valence-electron chi connectivity index (χ4n) is 3.36. The molecule has 0 saturated carbocycles. The zero-order chi connectivity index (χ0) is 22.1. The normalized spacial score (nSPS) is 14.2. The van der Waals surface area contributed by atoms with E-state index in [1.54, 1.807) is 24.3 Å². The largest absolute Gasteiger partial charge is 0.462 e. The summed E-state index contributed by atoms with van der Waals surface area (Å²) >= 11 is 0. The van der Waals surface area contributed by atoms with Gasteiger partial charge < -0.3 is 15.0 Å². The maximum absolute atomic E-state index is 12.5. The molecular formula is C24H29N3O4. The highest BCUT2D eigenvalue weighted by Crippen LogP contribution is 2.12. The molecule has 0 unspecified atom stereocenters. The van der Waals surface area contributed by atoms with Gasteiger partial charge in [0.1, 0.15) is 0 Å². The number of nitrogens with zero attached hydrogens (tertiary/aromatic N) is 2. The van der Waals surface area contributed by atoms with Crippen LogP contribution in [-0.4, -0.2) is 66.9 Å². The van der Waals surface area contributed by atoms with Crippen LogP contribution in [0.3, 0.4) is 0 Å². The van der Waals surface area contributed by atoms with Crippen molar-refractivity contribution < 1.29 is 19.1 Å². The van der Waals surface area contributed by atoms with Crippen LogP contribution < -0.4 is 5.32 Å². The molecule has 1 aliphatic rings. The summed E-state index contributed by atoms with van der Waals surface area (Å²) in [5.74, 6) is -0.451. The van der Waals surface area contributed by atoms with E-state index >= 15 is 0 Å². The van der Waals surface area contributed by atoms with Gasteiger partial charge in [-0.15, -0.1) is 0 Å². The molecule has 1 fully saturated rings. The van der Waals surface area contributed by atoms with Crippen LogP contribution in [0.4, 0.5) is 5.69 Å². The van der Waals surface area contributed by atoms with Crippen LogP contribution in [0.5, 0.6) is 0 Å². The van der Waals surface area contributed by atoms with Gasteiger partial charge in [0.15, 0.2) is 0 Å². The Morgan fingerprint density at radius 1 is 0.903 bits per heavy atom. The number of hydrogen-bond donors (Lipinski definition) is 1. The van der Waals surface area contributed by atoms with Gasteiger partial charge in [-0.2, -0.15) is 0 Å². The smallest absolute Gasteiger partial charge is 0.338 e. The highest BCUT2D eigenvalue weighted by molar-refractivity contribution is 5.95. The molecule has 2 aromatic carbocycles. The highest BCUT2D eigenvalue weighted by atomic mass is 16.5. The Bertz CT molecular complexity index is 875. The Morgan fingerprint density at radius 3 is 2.23 bits per heavy atom. The van der Waals surface area contributed by atoms with Crippen molar-refractivity contribution in [3.05, 3.63) is 65.7 Å². The van der Waals surface area contributed by atoms with Crippen LogP contribution in [0.25, 0.3) is 0 Å². The second-order valence-corrected chi connectivity index (χ2v) is 7.55. The van der Waals surface area contributed by atoms with Gasteiger partial charge in [0.2, 0.25) is 5.91 Å². The lowest BCUT2D eigenvalue weighted by Crippen LogP contribution is -2.50. The number of piperazine rings is 1. The summed E-state index contributed by atoms with van der Waals surface area (Å²) in [5.41, 5.74) is 1.78. The molecule has 3 rings (SSSR count). The van der Waals surface area contributed by atoms with Crippen LogP contribution in [0, 0.1) is 0 Å². The third-order valence-electron chi connectivity index (χ3n) is 5.18. The summed E-state index contributed by atoms with van der Waals surface area (Å²) in [6, 6.07) is 15.9. The van der Waals surface area contributed by atoms with E-state index in [1.165, 1.54) is 0 Å². The SMILES string of the molecule is CCCCOC(=O)c1ccc(NC(=O)CN2CCN(C(=O)c3ccccc3)CC2)cc1. The maximum Gasteiger partial charge on any atom is 0.338 e. The number of amides is 2. The van der Waals surface area contributed by atoms with E-state index in [0.717, 1.165) is 12.8 Å². The van der Waals surface area contributed by atoms with Crippen LogP contribution in [0.1, 0.15) is 40.5 Å². The fourth-order valence-corrected chi connectivity index (χ4v) is 3.36. The minimum atomic E-state index is -0.353. The zero-order valence-electron chi connectivity index (χ0n) is 17.9. The molecule has 2 amide bonds. The first-order chi connectivity index (χ1) is 15.1. The number of carbonyl (C=O) groups is 3. The predicted molar refractivity (Wildman–Crippen MR) is 119 cm³/mol. The fraction of sp³-hybridized carbons (Fsp3) is 0.375. The van der Waals surface area contributed by atoms with Crippen LogP contribution >= 0.6 is 0 Å². The monoisotopic (exact) mass is 423 g/mol. The Kier molecular flexibility index (Phi) is 8.18. The zero-order valence-corrected chi connectivity index (χ0v) is 17.9. The van der Waals surface area contributed by atoms with Crippen molar-refractivity contribution >= 4 is 23.5 Å². The van der Waals surface area contributed by atoms with E-state index in [9.17, 15) is 14.4 Å². The van der Waals surface area contributed by atoms with Crippen LogP contribution in [0.2, 0.25) is 0 Å². The standard InChI is InChI=1S/C24H29N3O4/c1-2-3-17-31-24(30)20-9-11-21(12-10-20)25-22(28)18-26-13-15-27(16-14-26)23(29)19-7-5-4-6-8-19/h4-12H,2-3,13-18H2,1H3,(H,25,28). The lowest BCUT2D eigenvalue weighted by atomic mass is 10.2. The molecule has 7 nitrogen and oxygen atoms in total. The van der Waals surface area contributed by atoms with Crippen molar-refractivity contribution in [3.63, 3.8) is 0 Å². The van der Waals surface area contributed by atoms with E-state index in [2.05, 4.69) is 5.32 Å². The molecule has 0 spiro atoms. The molecule has 1 aliphatic heterocycles. The molecule has 1 saturated heterocycles. The molecule has 7 heteroatoms. The molecule has 0 bridgehead atoms. The number of anilines is 1. The summed E-state index contributed by atoms with van der Waals surface area (Å²) < 4.78 is 5.18. The summed E-state index contributed by atoms with van der Waals surface area (Å²) in [4.78, 5) is 40.7. The number of rotatable bonds is 8. The first kappa shape index (κ1) is 22.5. The predicted octanol–water partition coefficient (Wildman–Crippen LogP) is 3.04. The van der Waals surface area contributed by atoms with E-state index < -0.39 is 0 Å². The van der Waals surface area contributed by atoms with Gasteiger partial charge in [-0.25, -0.2) is 4.79 Å². The van der Waals surface area contributed by atoms with Crippen LogP contribution in [-0.2, 0) is 9.53 Å². The summed E-state index contributed by atoms with van der Waals surface area (Å²) in [6.45, 7) is 5.19. The summed E-state index contributed by atoms with van der Waals surface area (Å²) in [5, 5.41) is 2.85. The Hall–Kier alpha value is -3.19. The molecule has 0 aliphatic carbocycles. The van der Waals surface area contributed by atoms with Crippen molar-refractivity contribution in [2.75, 3.05) is 44.6 Å². The molecule has 0 aromatic heterocycles. The second-order valence-electron chi connectivity index (χ2n) is 7.55. The molecule has 1 heterocycles. The Balaban J connectivity index is 1.42. The van der Waals surface area contributed by atoms with E-state index in [0.29, 0.717) is 49.6 Å². The molecule has 0 atom stereocenters. The van der Waals surface area contributed by atoms with E-state index in [1.807, 2.05) is 47.1 Å². The van der Waals surface area contributed by atoms with Crippen molar-refractivity contribution in [1.29, 1.82) is 0 Å². The van der Waals surface area contributed by atoms with Gasteiger partial charge >= 0.3 is 5.97 Å². The first-order valence-electron chi connectivity index (χ1n) is 10.7. The van der Waals surface area contributed by atoms with Crippen molar-refractivity contribution in [3.8, 4) is 0 Å². The lowest BCUT2D eigenvalue weighted by Gasteiger charge is -2.34. The molecule has 2 aromatic rings. The van der Waals surface area contributed by atoms with Gasteiger partial charge in [-0.05, 0) is 42.8 Å². The third kappa shape index (κ3) is 6.65. The summed E-state index contributed by atoms with van der Waals surface area (Å²) in [6.07, 6.45) is 1.81. The number of unbranched alkanes of at least 4 members (excludes halogenated alkanes) is 1. The number of ether oxygens (including phenoxy) is 1. The lowest BCUT2D eigenvalue weighted by molar-refractivity contribution is -0.117.